The van der Waals surface area contributed by atoms with Gasteiger partial charge in [-0.1, -0.05) is 36.4 Å². The number of benzene rings is 4. The van der Waals surface area contributed by atoms with Crippen LogP contribution >= 0.6 is 0 Å². The predicted molar refractivity (Wildman–Crippen MR) is 180 cm³/mol. The minimum atomic E-state index is -4.23. The second-order valence-electron chi connectivity index (χ2n) is 11.6. The standard InChI is InChI=1S/C36H31F2N5O5S/c1-23-19-25(48-33-12-6-10-29(37)34(33)38)13-14-30(23)42-36(39)28(21-40-42)35(44)32-20-27-24(22-41-15-17-47-18-16-41)7-5-11-31(27)43(32)49(45,46)26-8-3-2-4-9-26/h2-14,19-21H,15-18,22,39H2,1H3. The number of hydrogen-bond acceptors (Lipinski definition) is 8. The van der Waals surface area contributed by atoms with E-state index in [9.17, 15) is 22.0 Å². The van der Waals surface area contributed by atoms with Gasteiger partial charge in [0.2, 0.25) is 11.6 Å². The molecule has 0 saturated carbocycles. The average Bonchev–Trinajstić information content (AvgIpc) is 3.69. The lowest BCUT2D eigenvalue weighted by Gasteiger charge is -2.26. The summed E-state index contributed by atoms with van der Waals surface area (Å²) in [6.07, 6.45) is 1.30. The summed E-state index contributed by atoms with van der Waals surface area (Å²) < 4.78 is 69.8. The van der Waals surface area contributed by atoms with Gasteiger partial charge in [-0.25, -0.2) is 21.5 Å². The summed E-state index contributed by atoms with van der Waals surface area (Å²) in [5.74, 6) is -2.81. The van der Waals surface area contributed by atoms with Crippen LogP contribution in [0.3, 0.4) is 0 Å². The van der Waals surface area contributed by atoms with Gasteiger partial charge in [-0.2, -0.15) is 9.49 Å². The minimum Gasteiger partial charge on any atom is -0.454 e. The third kappa shape index (κ3) is 5.96. The minimum absolute atomic E-state index is 0.00334. The zero-order valence-electron chi connectivity index (χ0n) is 26.3. The maximum atomic E-state index is 14.4. The smallest absolute Gasteiger partial charge is 0.268 e. The Morgan fingerprint density at radius 2 is 1.71 bits per heavy atom. The Morgan fingerprint density at radius 1 is 0.959 bits per heavy atom. The van der Waals surface area contributed by atoms with Gasteiger partial charge in [-0.15, -0.1) is 0 Å². The Hall–Kier alpha value is -5.37. The van der Waals surface area contributed by atoms with Gasteiger partial charge in [-0.05, 0) is 72.6 Å². The number of aryl methyl sites for hydroxylation is 1. The summed E-state index contributed by atoms with van der Waals surface area (Å²) in [7, 11) is -4.23. The summed E-state index contributed by atoms with van der Waals surface area (Å²) in [4.78, 5) is 16.6. The van der Waals surface area contributed by atoms with E-state index in [0.29, 0.717) is 41.9 Å². The van der Waals surface area contributed by atoms with Crippen LogP contribution in [0.15, 0.2) is 102 Å². The Kier molecular flexibility index (Phi) is 8.49. The van der Waals surface area contributed by atoms with E-state index in [4.69, 9.17) is 15.2 Å². The van der Waals surface area contributed by atoms with Crippen LogP contribution in [0, 0.1) is 18.6 Å². The molecule has 1 aliphatic rings. The second kappa shape index (κ2) is 12.9. The van der Waals surface area contributed by atoms with Gasteiger partial charge >= 0.3 is 0 Å². The fourth-order valence-corrected chi connectivity index (χ4v) is 7.53. The molecule has 0 atom stereocenters. The largest absolute Gasteiger partial charge is 0.454 e. The third-order valence-corrected chi connectivity index (χ3v) is 10.2. The molecule has 0 radical (unpaired) electrons. The van der Waals surface area contributed by atoms with Crippen molar-refractivity contribution in [2.24, 2.45) is 0 Å². The van der Waals surface area contributed by atoms with Gasteiger partial charge < -0.3 is 15.2 Å². The number of rotatable bonds is 9. The number of carbonyl (C=O) groups is 1. The molecule has 2 aromatic heterocycles. The maximum Gasteiger partial charge on any atom is 0.268 e. The van der Waals surface area contributed by atoms with E-state index >= 15 is 0 Å². The monoisotopic (exact) mass is 683 g/mol. The lowest BCUT2D eigenvalue weighted by Crippen LogP contribution is -2.35. The Morgan fingerprint density at radius 3 is 2.47 bits per heavy atom. The first kappa shape index (κ1) is 32.2. The Labute approximate surface area is 280 Å². The number of hydrogen-bond donors (Lipinski definition) is 1. The lowest BCUT2D eigenvalue weighted by atomic mass is 10.1. The molecule has 49 heavy (non-hydrogen) atoms. The number of morpholine rings is 1. The van der Waals surface area contributed by atoms with E-state index in [1.165, 1.54) is 41.2 Å². The molecule has 7 rings (SSSR count). The Bertz CT molecular complexity index is 2320. The molecule has 250 valence electrons. The number of nitrogens with zero attached hydrogens (tertiary/aromatic N) is 4. The SMILES string of the molecule is Cc1cc(Oc2cccc(F)c2F)ccc1-n1ncc(C(=O)c2cc3c(CN4CCOCC4)cccc3n2S(=O)(=O)c2ccccc2)c1N. The van der Waals surface area contributed by atoms with Crippen molar-refractivity contribution in [3.8, 4) is 17.2 Å². The van der Waals surface area contributed by atoms with Crippen molar-refractivity contribution in [2.75, 3.05) is 32.0 Å². The molecule has 0 aliphatic carbocycles. The van der Waals surface area contributed by atoms with Crippen molar-refractivity contribution >= 4 is 32.5 Å². The molecule has 1 aliphatic heterocycles. The third-order valence-electron chi connectivity index (χ3n) is 8.50. The van der Waals surface area contributed by atoms with E-state index in [1.54, 1.807) is 55.5 Å². The van der Waals surface area contributed by atoms with E-state index < -0.39 is 27.4 Å². The number of anilines is 1. The number of fused-ring (bicyclic) bond motifs is 1. The molecule has 0 spiro atoms. The molecule has 6 aromatic rings. The zero-order chi connectivity index (χ0) is 34.3. The van der Waals surface area contributed by atoms with Crippen molar-refractivity contribution in [2.45, 2.75) is 18.4 Å². The fourth-order valence-electron chi connectivity index (χ4n) is 6.00. The van der Waals surface area contributed by atoms with Gasteiger partial charge in [0.25, 0.3) is 10.0 Å². The van der Waals surface area contributed by atoms with Crippen LogP contribution in [0.25, 0.3) is 16.6 Å². The van der Waals surface area contributed by atoms with E-state index in [0.717, 1.165) is 28.7 Å². The highest BCUT2D eigenvalue weighted by atomic mass is 32.2. The van der Waals surface area contributed by atoms with Crippen LogP contribution in [0.2, 0.25) is 0 Å². The first-order chi connectivity index (χ1) is 23.6. The van der Waals surface area contributed by atoms with Crippen LogP contribution in [0.4, 0.5) is 14.6 Å². The first-order valence-electron chi connectivity index (χ1n) is 15.5. The summed E-state index contributed by atoms with van der Waals surface area (Å²) in [5, 5.41) is 5.00. The fraction of sp³-hybridized carbons (Fsp3) is 0.167. The van der Waals surface area contributed by atoms with E-state index in [1.807, 2.05) is 6.07 Å². The van der Waals surface area contributed by atoms with E-state index in [-0.39, 0.29) is 33.5 Å². The number of ketones is 1. The van der Waals surface area contributed by atoms with Crippen LogP contribution in [-0.2, 0) is 21.3 Å². The zero-order valence-corrected chi connectivity index (χ0v) is 27.2. The number of halogens is 2. The number of aromatic nitrogens is 3. The highest BCUT2D eigenvalue weighted by Gasteiger charge is 2.30. The average molecular weight is 684 g/mol. The number of ether oxygens (including phenoxy) is 2. The molecule has 4 aromatic carbocycles. The molecule has 13 heteroatoms. The predicted octanol–water partition coefficient (Wildman–Crippen LogP) is 6.09. The van der Waals surface area contributed by atoms with Crippen LogP contribution in [-0.4, -0.2) is 59.2 Å². The highest BCUT2D eigenvalue weighted by Crippen LogP contribution is 2.33. The molecule has 0 bridgehead atoms. The number of nitrogen functional groups attached to an aromatic ring is 1. The molecule has 1 fully saturated rings. The topological polar surface area (TPSA) is 122 Å². The highest BCUT2D eigenvalue weighted by molar-refractivity contribution is 7.90. The van der Waals surface area contributed by atoms with Crippen LogP contribution < -0.4 is 10.5 Å². The first-order valence-corrected chi connectivity index (χ1v) is 16.9. The molecule has 0 unspecified atom stereocenters. The summed E-state index contributed by atoms with van der Waals surface area (Å²) >= 11 is 0. The molecule has 2 N–H and O–H groups in total. The van der Waals surface area contributed by atoms with Crippen molar-refractivity contribution in [1.29, 1.82) is 0 Å². The van der Waals surface area contributed by atoms with Crippen molar-refractivity contribution in [3.63, 3.8) is 0 Å². The maximum absolute atomic E-state index is 14.4. The van der Waals surface area contributed by atoms with Crippen molar-refractivity contribution in [3.05, 3.63) is 131 Å². The van der Waals surface area contributed by atoms with Gasteiger partial charge in [-0.3, -0.25) is 9.69 Å². The van der Waals surface area contributed by atoms with Crippen LogP contribution in [0.5, 0.6) is 11.5 Å². The van der Waals surface area contributed by atoms with Gasteiger partial charge in [0.1, 0.15) is 17.3 Å². The summed E-state index contributed by atoms with van der Waals surface area (Å²) in [5.41, 5.74) is 8.79. The van der Waals surface area contributed by atoms with Gasteiger partial charge in [0, 0.05) is 25.0 Å². The lowest BCUT2D eigenvalue weighted by molar-refractivity contribution is 0.0344. The van der Waals surface area contributed by atoms with E-state index in [2.05, 4.69) is 10.00 Å². The summed E-state index contributed by atoms with van der Waals surface area (Å²) in [6, 6.07) is 23.3. The molecule has 1 saturated heterocycles. The van der Waals surface area contributed by atoms with Crippen molar-refractivity contribution < 1.29 is 31.5 Å². The van der Waals surface area contributed by atoms with Crippen LogP contribution in [0.1, 0.15) is 27.2 Å². The van der Waals surface area contributed by atoms with Gasteiger partial charge in [0.05, 0.1) is 41.1 Å². The quantitative estimate of drug-likeness (QED) is 0.182. The molecular formula is C36H31F2N5O5S. The van der Waals surface area contributed by atoms with Crippen molar-refractivity contribution in [1.82, 2.24) is 18.7 Å². The Balaban J connectivity index is 1.28. The summed E-state index contributed by atoms with van der Waals surface area (Å²) in [6.45, 7) is 4.96. The molecule has 0 amide bonds. The van der Waals surface area contributed by atoms with Gasteiger partial charge in [0.15, 0.2) is 11.6 Å². The normalized spacial score (nSPS) is 13.9. The second-order valence-corrected chi connectivity index (χ2v) is 13.4. The number of carbonyl (C=O) groups excluding carboxylic acids is 1. The molecule has 10 nitrogen and oxygen atoms in total. The molecular weight excluding hydrogens is 652 g/mol. The molecule has 3 heterocycles. The number of nitrogens with two attached hydrogens (primary N) is 1.